The van der Waals surface area contributed by atoms with Crippen LogP contribution in [-0.4, -0.2) is 36.9 Å². The molecule has 8 heteroatoms. The molecule has 0 aliphatic heterocycles. The minimum absolute atomic E-state index is 0.0291. The number of sulfonamides is 1. The van der Waals surface area contributed by atoms with Gasteiger partial charge < -0.3 is 9.84 Å². The molecule has 1 rings (SSSR count). The standard InChI is InChI=1S/C10H20N4O3S/c1-4-5-11-6-8(2)18(15,16)12-7-10-13-9(3)14-17-10/h8,11-12H,4-7H2,1-3H3. The predicted molar refractivity (Wildman–Crippen MR) is 67.4 cm³/mol. The first-order chi connectivity index (χ1) is 8.45. The van der Waals surface area contributed by atoms with Crippen LogP contribution in [0.3, 0.4) is 0 Å². The van der Waals surface area contributed by atoms with Crippen molar-refractivity contribution in [3.63, 3.8) is 0 Å². The Kier molecular flexibility index (Phi) is 5.70. The Morgan fingerprint density at radius 3 is 2.72 bits per heavy atom. The van der Waals surface area contributed by atoms with Crippen LogP contribution in [0.25, 0.3) is 0 Å². The van der Waals surface area contributed by atoms with Crippen molar-refractivity contribution in [2.45, 2.75) is 39.0 Å². The highest BCUT2D eigenvalue weighted by molar-refractivity contribution is 7.90. The van der Waals surface area contributed by atoms with E-state index >= 15 is 0 Å². The molecule has 1 atom stereocenters. The lowest BCUT2D eigenvalue weighted by molar-refractivity contribution is 0.371. The maximum absolute atomic E-state index is 11.9. The van der Waals surface area contributed by atoms with E-state index in [0.717, 1.165) is 13.0 Å². The number of hydrogen-bond donors (Lipinski definition) is 2. The van der Waals surface area contributed by atoms with Crippen LogP contribution in [0, 0.1) is 6.92 Å². The van der Waals surface area contributed by atoms with E-state index in [0.29, 0.717) is 12.4 Å². The molecule has 0 aromatic carbocycles. The van der Waals surface area contributed by atoms with Crippen molar-refractivity contribution in [3.05, 3.63) is 11.7 Å². The molecule has 0 fully saturated rings. The Hall–Kier alpha value is -0.990. The van der Waals surface area contributed by atoms with Crippen LogP contribution < -0.4 is 10.0 Å². The van der Waals surface area contributed by atoms with Crippen molar-refractivity contribution >= 4 is 10.0 Å². The van der Waals surface area contributed by atoms with E-state index in [-0.39, 0.29) is 12.4 Å². The average Bonchev–Trinajstić information content (AvgIpc) is 2.73. The highest BCUT2D eigenvalue weighted by Gasteiger charge is 2.20. The number of hydrogen-bond acceptors (Lipinski definition) is 6. The molecule has 0 radical (unpaired) electrons. The zero-order valence-electron chi connectivity index (χ0n) is 10.9. The summed E-state index contributed by atoms with van der Waals surface area (Å²) in [5.74, 6) is 0.756. The number of rotatable bonds is 8. The molecule has 0 amide bonds. The number of nitrogens with one attached hydrogen (secondary N) is 2. The first kappa shape index (κ1) is 15.1. The average molecular weight is 276 g/mol. The molecule has 1 aromatic heterocycles. The molecule has 2 N–H and O–H groups in total. The summed E-state index contributed by atoms with van der Waals surface area (Å²) in [6, 6.07) is 0. The molecule has 0 bridgehead atoms. The molecule has 0 aliphatic carbocycles. The van der Waals surface area contributed by atoms with Crippen LogP contribution in [0.15, 0.2) is 4.52 Å². The molecule has 0 spiro atoms. The lowest BCUT2D eigenvalue weighted by atomic mass is 10.4. The predicted octanol–water partition coefficient (Wildman–Crippen LogP) is 0.186. The summed E-state index contributed by atoms with van der Waals surface area (Å²) in [4.78, 5) is 3.93. The van der Waals surface area contributed by atoms with E-state index in [1.165, 1.54) is 0 Å². The summed E-state index contributed by atoms with van der Waals surface area (Å²) < 4.78 is 31.0. The fourth-order valence-electron chi connectivity index (χ4n) is 1.31. The molecule has 104 valence electrons. The minimum atomic E-state index is -3.37. The largest absolute Gasteiger partial charge is 0.338 e. The second-order valence-electron chi connectivity index (χ2n) is 4.12. The summed E-state index contributed by atoms with van der Waals surface area (Å²) >= 11 is 0. The summed E-state index contributed by atoms with van der Waals surface area (Å²) in [5.41, 5.74) is 0. The number of aromatic nitrogens is 2. The first-order valence-corrected chi connectivity index (χ1v) is 7.48. The van der Waals surface area contributed by atoms with Crippen LogP contribution in [-0.2, 0) is 16.6 Å². The second kappa shape index (κ2) is 6.81. The molecular formula is C10H20N4O3S. The molecule has 1 unspecified atom stereocenters. The van der Waals surface area contributed by atoms with Gasteiger partial charge in [-0.2, -0.15) is 4.98 Å². The zero-order valence-corrected chi connectivity index (χ0v) is 11.7. The van der Waals surface area contributed by atoms with Gasteiger partial charge in [0, 0.05) is 6.54 Å². The van der Waals surface area contributed by atoms with Crippen molar-refractivity contribution in [3.8, 4) is 0 Å². The van der Waals surface area contributed by atoms with E-state index in [9.17, 15) is 8.42 Å². The van der Waals surface area contributed by atoms with Gasteiger partial charge in [-0.15, -0.1) is 0 Å². The quantitative estimate of drug-likeness (QED) is 0.658. The minimum Gasteiger partial charge on any atom is -0.338 e. The third-order valence-electron chi connectivity index (χ3n) is 2.38. The Balaban J connectivity index is 2.43. The lowest BCUT2D eigenvalue weighted by Crippen LogP contribution is -2.38. The van der Waals surface area contributed by atoms with E-state index in [2.05, 4.69) is 20.2 Å². The second-order valence-corrected chi connectivity index (χ2v) is 6.30. The van der Waals surface area contributed by atoms with Crippen molar-refractivity contribution < 1.29 is 12.9 Å². The topological polar surface area (TPSA) is 97.1 Å². The maximum Gasteiger partial charge on any atom is 0.241 e. The highest BCUT2D eigenvalue weighted by atomic mass is 32.2. The van der Waals surface area contributed by atoms with Gasteiger partial charge in [-0.25, -0.2) is 13.1 Å². The smallest absolute Gasteiger partial charge is 0.241 e. The van der Waals surface area contributed by atoms with E-state index < -0.39 is 15.3 Å². The Labute approximate surface area is 107 Å². The van der Waals surface area contributed by atoms with Crippen LogP contribution >= 0.6 is 0 Å². The fraction of sp³-hybridized carbons (Fsp3) is 0.800. The van der Waals surface area contributed by atoms with E-state index in [1.54, 1.807) is 13.8 Å². The molecule has 0 aliphatic rings. The van der Waals surface area contributed by atoms with Gasteiger partial charge in [0.2, 0.25) is 15.9 Å². The van der Waals surface area contributed by atoms with Gasteiger partial charge in [0.25, 0.3) is 0 Å². The first-order valence-electron chi connectivity index (χ1n) is 5.94. The van der Waals surface area contributed by atoms with Crippen LogP contribution in [0.5, 0.6) is 0 Å². The third kappa shape index (κ3) is 4.71. The van der Waals surface area contributed by atoms with Crippen LogP contribution in [0.4, 0.5) is 0 Å². The third-order valence-corrected chi connectivity index (χ3v) is 4.16. The normalized spacial score (nSPS) is 13.7. The van der Waals surface area contributed by atoms with Gasteiger partial charge in [-0.1, -0.05) is 12.1 Å². The lowest BCUT2D eigenvalue weighted by Gasteiger charge is -2.13. The molecule has 1 aromatic rings. The number of nitrogens with zero attached hydrogens (tertiary/aromatic N) is 2. The molecule has 1 heterocycles. The van der Waals surface area contributed by atoms with Crippen molar-refractivity contribution in [2.24, 2.45) is 0 Å². The summed E-state index contributed by atoms with van der Waals surface area (Å²) in [6.45, 7) is 6.63. The molecule has 18 heavy (non-hydrogen) atoms. The van der Waals surface area contributed by atoms with Crippen LogP contribution in [0.2, 0.25) is 0 Å². The molecule has 0 saturated heterocycles. The maximum atomic E-state index is 11.9. The highest BCUT2D eigenvalue weighted by Crippen LogP contribution is 2.00. The summed E-state index contributed by atoms with van der Waals surface area (Å²) in [7, 11) is -3.37. The Bertz CT molecular complexity index is 457. The monoisotopic (exact) mass is 276 g/mol. The van der Waals surface area contributed by atoms with Crippen molar-refractivity contribution in [2.75, 3.05) is 13.1 Å². The summed E-state index contributed by atoms with van der Waals surface area (Å²) in [5, 5.41) is 6.16. The molecular weight excluding hydrogens is 256 g/mol. The van der Waals surface area contributed by atoms with Gasteiger partial charge in [-0.05, 0) is 26.8 Å². The Morgan fingerprint density at radius 1 is 1.44 bits per heavy atom. The zero-order chi connectivity index (χ0) is 13.6. The SMILES string of the molecule is CCCNCC(C)S(=O)(=O)NCc1nc(C)no1. The fourth-order valence-corrected chi connectivity index (χ4v) is 2.25. The van der Waals surface area contributed by atoms with Crippen molar-refractivity contribution in [1.29, 1.82) is 0 Å². The van der Waals surface area contributed by atoms with E-state index in [4.69, 9.17) is 4.52 Å². The van der Waals surface area contributed by atoms with Gasteiger partial charge in [-0.3, -0.25) is 0 Å². The van der Waals surface area contributed by atoms with Gasteiger partial charge in [0.1, 0.15) is 0 Å². The molecule has 7 nitrogen and oxygen atoms in total. The van der Waals surface area contributed by atoms with Crippen LogP contribution in [0.1, 0.15) is 32.0 Å². The van der Waals surface area contributed by atoms with Gasteiger partial charge >= 0.3 is 0 Å². The van der Waals surface area contributed by atoms with Gasteiger partial charge in [0.05, 0.1) is 11.8 Å². The van der Waals surface area contributed by atoms with Crippen molar-refractivity contribution in [1.82, 2.24) is 20.2 Å². The number of aryl methyl sites for hydroxylation is 1. The van der Waals surface area contributed by atoms with Gasteiger partial charge in [0.15, 0.2) is 5.82 Å². The van der Waals surface area contributed by atoms with E-state index in [1.807, 2.05) is 6.92 Å². The molecule has 0 saturated carbocycles. The Morgan fingerprint density at radius 2 is 2.17 bits per heavy atom. The summed E-state index contributed by atoms with van der Waals surface area (Å²) in [6.07, 6.45) is 0.974.